The predicted molar refractivity (Wildman–Crippen MR) is 156 cm³/mol. The van der Waals surface area contributed by atoms with Crippen molar-refractivity contribution >= 4 is 24.0 Å². The highest BCUT2D eigenvalue weighted by atomic mass is 19.1. The first kappa shape index (κ1) is 27.5. The molecule has 0 radical (unpaired) electrons. The number of aliphatic imine (C=N–C) groups is 1. The molecule has 1 saturated heterocycles. The third-order valence-corrected chi connectivity index (χ3v) is 7.11. The van der Waals surface area contributed by atoms with Gasteiger partial charge < -0.3 is 9.80 Å². The minimum Gasteiger partial charge on any atom is -0.353 e. The zero-order chi connectivity index (χ0) is 29.1. The Balaban J connectivity index is 1.35. The summed E-state index contributed by atoms with van der Waals surface area (Å²) in [6, 6.07) is 8.31. The number of piperazine rings is 1. The largest absolute Gasteiger partial charge is 0.353 e. The molecule has 0 saturated carbocycles. The molecule has 1 aliphatic heterocycles. The van der Waals surface area contributed by atoms with Gasteiger partial charge in [0.1, 0.15) is 17.5 Å². The van der Waals surface area contributed by atoms with Gasteiger partial charge in [-0.25, -0.2) is 13.9 Å². The fourth-order valence-corrected chi connectivity index (χ4v) is 4.94. The second kappa shape index (κ2) is 11.6. The van der Waals surface area contributed by atoms with Gasteiger partial charge in [-0.15, -0.1) is 0 Å². The Morgan fingerprint density at radius 3 is 2.54 bits per heavy atom. The van der Waals surface area contributed by atoms with Gasteiger partial charge in [-0.2, -0.15) is 15.5 Å². The van der Waals surface area contributed by atoms with E-state index < -0.39 is 0 Å². The topological polar surface area (TPSA) is 108 Å². The molecule has 208 valence electrons. The Bertz CT molecular complexity index is 1710. The van der Waals surface area contributed by atoms with E-state index in [0.29, 0.717) is 43.1 Å². The lowest BCUT2D eigenvalue weighted by Crippen LogP contribution is -2.49. The van der Waals surface area contributed by atoms with E-state index in [1.807, 2.05) is 50.8 Å². The third-order valence-electron chi connectivity index (χ3n) is 7.11. The molecule has 0 aliphatic carbocycles. The van der Waals surface area contributed by atoms with Crippen LogP contribution in [0.2, 0.25) is 0 Å². The van der Waals surface area contributed by atoms with E-state index in [9.17, 15) is 14.4 Å². The Morgan fingerprint density at radius 1 is 1.15 bits per heavy atom. The maximum absolute atomic E-state index is 13.0. The van der Waals surface area contributed by atoms with Gasteiger partial charge in [0.05, 0.1) is 29.7 Å². The van der Waals surface area contributed by atoms with Gasteiger partial charge >= 0.3 is 0 Å². The number of rotatable bonds is 7. The van der Waals surface area contributed by atoms with Crippen LogP contribution in [0.1, 0.15) is 24.6 Å². The van der Waals surface area contributed by atoms with E-state index in [-0.39, 0.29) is 18.2 Å². The van der Waals surface area contributed by atoms with E-state index in [2.05, 4.69) is 32.9 Å². The molecule has 10 nitrogen and oxygen atoms in total. The summed E-state index contributed by atoms with van der Waals surface area (Å²) in [5, 5.41) is 18.7. The number of pyridine rings is 2. The minimum atomic E-state index is -0.359. The number of hydrogen-bond donors (Lipinski definition) is 0. The van der Waals surface area contributed by atoms with Gasteiger partial charge in [0.15, 0.2) is 0 Å². The summed E-state index contributed by atoms with van der Waals surface area (Å²) in [5.74, 6) is 0.378. The maximum Gasteiger partial charge on any atom is 0.228 e. The molecule has 0 unspecified atom stereocenters. The summed E-state index contributed by atoms with van der Waals surface area (Å²) in [6.45, 7) is 8.99. The van der Waals surface area contributed by atoms with Crippen LogP contribution in [0.25, 0.3) is 27.8 Å². The third kappa shape index (κ3) is 5.77. The molecule has 4 aromatic heterocycles. The van der Waals surface area contributed by atoms with Crippen molar-refractivity contribution in [3.05, 3.63) is 77.9 Å². The molecule has 0 aromatic carbocycles. The summed E-state index contributed by atoms with van der Waals surface area (Å²) in [5.41, 5.74) is 5.95. The molecule has 5 rings (SSSR count). The van der Waals surface area contributed by atoms with Gasteiger partial charge in [-0.1, -0.05) is 0 Å². The number of amides is 1. The molecular formula is C30H30FN9O. The van der Waals surface area contributed by atoms with Gasteiger partial charge in [0, 0.05) is 79.8 Å². The number of fused-ring (bicyclic) bond motifs is 1. The highest BCUT2D eigenvalue weighted by Crippen LogP contribution is 2.33. The molecule has 5 heterocycles. The molecule has 1 aliphatic rings. The van der Waals surface area contributed by atoms with Crippen molar-refractivity contribution in [1.82, 2.24) is 29.3 Å². The smallest absolute Gasteiger partial charge is 0.228 e. The van der Waals surface area contributed by atoms with Crippen LogP contribution in [0.4, 0.5) is 10.2 Å². The lowest BCUT2D eigenvalue weighted by atomic mass is 10.0. The standard InChI is InChI=1S/C30H30FN9O/c1-20(31)5-7-25(33-3)14-29(41)39-11-9-38(10-12-39)28-8-6-22(16-34-28)26-13-23(24-17-35-37(4)18-24)19-40-30(26)27(15-32)21(2)36-40/h5-8,13,16-19H,3,9-12,14H2,1-2,4H3/b20-5+,25-7-. The second-order valence-corrected chi connectivity index (χ2v) is 9.93. The summed E-state index contributed by atoms with van der Waals surface area (Å²) in [6.07, 6.45) is 10.3. The number of hydrogen-bond acceptors (Lipinski definition) is 7. The zero-order valence-corrected chi connectivity index (χ0v) is 23.2. The molecule has 11 heteroatoms. The SMILES string of the molecule is C=N/C(=C\C=C(/C)F)CC(=O)N1CCN(c2ccc(-c3cc(-c4cnn(C)c4)cn4nc(C)c(C#N)c34)cn2)CC1. The quantitative estimate of drug-likeness (QED) is 0.248. The number of carbonyl (C=O) groups excluding carboxylic acids is 1. The number of anilines is 1. The Labute approximate surface area is 237 Å². The summed E-state index contributed by atoms with van der Waals surface area (Å²) in [7, 11) is 1.87. The molecule has 0 N–H and O–H groups in total. The summed E-state index contributed by atoms with van der Waals surface area (Å²) < 4.78 is 16.5. The normalized spacial score (nSPS) is 14.4. The maximum atomic E-state index is 13.0. The van der Waals surface area contributed by atoms with Crippen LogP contribution >= 0.6 is 0 Å². The number of allylic oxidation sites excluding steroid dienone is 3. The number of halogens is 1. The number of nitriles is 1. The van der Waals surface area contributed by atoms with Crippen molar-refractivity contribution in [2.24, 2.45) is 12.0 Å². The van der Waals surface area contributed by atoms with Gasteiger partial charge in [-0.3, -0.25) is 14.5 Å². The van der Waals surface area contributed by atoms with Crippen LogP contribution in [-0.2, 0) is 11.8 Å². The van der Waals surface area contributed by atoms with Crippen LogP contribution in [-0.4, -0.2) is 68.1 Å². The molecule has 0 atom stereocenters. The van der Waals surface area contributed by atoms with Crippen molar-refractivity contribution in [3.8, 4) is 28.3 Å². The summed E-state index contributed by atoms with van der Waals surface area (Å²) >= 11 is 0. The van der Waals surface area contributed by atoms with Crippen molar-refractivity contribution in [1.29, 1.82) is 5.26 Å². The van der Waals surface area contributed by atoms with Crippen molar-refractivity contribution < 1.29 is 9.18 Å². The first-order chi connectivity index (χ1) is 19.8. The van der Waals surface area contributed by atoms with Crippen molar-refractivity contribution in [3.63, 3.8) is 0 Å². The van der Waals surface area contributed by atoms with Crippen LogP contribution in [0.5, 0.6) is 0 Å². The minimum absolute atomic E-state index is 0.0709. The highest BCUT2D eigenvalue weighted by Gasteiger charge is 2.23. The first-order valence-electron chi connectivity index (χ1n) is 13.2. The van der Waals surface area contributed by atoms with E-state index in [4.69, 9.17) is 4.98 Å². The summed E-state index contributed by atoms with van der Waals surface area (Å²) in [4.78, 5) is 25.3. The number of carbonyl (C=O) groups is 1. The first-order valence-corrected chi connectivity index (χ1v) is 13.2. The average molecular weight is 552 g/mol. The second-order valence-electron chi connectivity index (χ2n) is 9.93. The molecule has 1 amide bonds. The molecule has 41 heavy (non-hydrogen) atoms. The van der Waals surface area contributed by atoms with Crippen LogP contribution < -0.4 is 4.90 Å². The van der Waals surface area contributed by atoms with Gasteiger partial charge in [0.2, 0.25) is 5.91 Å². The molecule has 0 spiro atoms. The number of nitrogens with zero attached hydrogens (tertiary/aromatic N) is 9. The molecular weight excluding hydrogens is 521 g/mol. The van der Waals surface area contributed by atoms with E-state index >= 15 is 0 Å². The van der Waals surface area contributed by atoms with Crippen LogP contribution in [0, 0.1) is 18.3 Å². The van der Waals surface area contributed by atoms with E-state index in [1.54, 1.807) is 20.3 Å². The van der Waals surface area contributed by atoms with Crippen LogP contribution in [0.3, 0.4) is 0 Å². The average Bonchev–Trinajstić information content (AvgIpc) is 3.56. The fourth-order valence-electron chi connectivity index (χ4n) is 4.94. The van der Waals surface area contributed by atoms with Crippen LogP contribution in [0.15, 0.2) is 71.7 Å². The van der Waals surface area contributed by atoms with Gasteiger partial charge in [0.25, 0.3) is 0 Å². The molecule has 1 fully saturated rings. The zero-order valence-electron chi connectivity index (χ0n) is 23.2. The fraction of sp³-hybridized carbons (Fsp3) is 0.267. The Kier molecular flexibility index (Phi) is 7.74. The number of aryl methyl sites for hydroxylation is 2. The lowest BCUT2D eigenvalue weighted by molar-refractivity contribution is -0.130. The Hall–Kier alpha value is -5.11. The van der Waals surface area contributed by atoms with E-state index in [0.717, 1.165) is 33.6 Å². The monoisotopic (exact) mass is 551 g/mol. The van der Waals surface area contributed by atoms with Gasteiger partial charge in [-0.05, 0) is 50.9 Å². The Morgan fingerprint density at radius 2 is 1.93 bits per heavy atom. The lowest BCUT2D eigenvalue weighted by Gasteiger charge is -2.35. The van der Waals surface area contributed by atoms with Crippen molar-refractivity contribution in [2.45, 2.75) is 20.3 Å². The molecule has 4 aromatic rings. The van der Waals surface area contributed by atoms with E-state index in [1.165, 1.54) is 19.1 Å². The molecule has 0 bridgehead atoms. The predicted octanol–water partition coefficient (Wildman–Crippen LogP) is 4.47. The number of aromatic nitrogens is 5. The van der Waals surface area contributed by atoms with Crippen molar-refractivity contribution in [2.75, 3.05) is 31.1 Å². The highest BCUT2D eigenvalue weighted by molar-refractivity contribution is 5.88.